The molecule has 3 aromatic rings. The lowest BCUT2D eigenvalue weighted by Gasteiger charge is -2.32. The first-order chi connectivity index (χ1) is 16.9. The lowest BCUT2D eigenvalue weighted by Crippen LogP contribution is -2.38. The van der Waals surface area contributed by atoms with E-state index in [0.717, 1.165) is 35.7 Å². The molecule has 0 spiro atoms. The molecule has 1 aliphatic heterocycles. The molecule has 0 bridgehead atoms. The molecular weight excluding hydrogens is 468 g/mol. The normalized spacial score (nSPS) is 14.1. The van der Waals surface area contributed by atoms with Crippen LogP contribution in [-0.4, -0.2) is 58.8 Å². The van der Waals surface area contributed by atoms with Crippen molar-refractivity contribution in [2.24, 2.45) is 0 Å². The summed E-state index contributed by atoms with van der Waals surface area (Å²) in [5.74, 6) is 2.50. The monoisotopic (exact) mass is 496 g/mol. The first-order valence-electron chi connectivity index (χ1n) is 11.3. The number of rotatable bonds is 8. The average Bonchev–Trinajstić information content (AvgIpc) is 3.35. The van der Waals surface area contributed by atoms with Crippen LogP contribution in [-0.2, 0) is 6.54 Å². The Hall–Kier alpha value is -3.53. The molecule has 0 atom stereocenters. The Morgan fingerprint density at radius 2 is 1.83 bits per heavy atom. The van der Waals surface area contributed by atoms with Crippen molar-refractivity contribution in [1.29, 1.82) is 0 Å². The highest BCUT2D eigenvalue weighted by Gasteiger charge is 2.28. The quantitative estimate of drug-likeness (QED) is 0.255. The number of aromatic nitrogens is 2. The van der Waals surface area contributed by atoms with Crippen LogP contribution in [0.4, 0.5) is 5.69 Å². The molecule has 9 nitrogen and oxygen atoms in total. The van der Waals surface area contributed by atoms with Gasteiger partial charge in [-0.1, -0.05) is 0 Å². The molecule has 0 aliphatic carbocycles. The zero-order valence-corrected chi connectivity index (χ0v) is 20.8. The van der Waals surface area contributed by atoms with Gasteiger partial charge in [0.15, 0.2) is 0 Å². The molecule has 1 fully saturated rings. The van der Waals surface area contributed by atoms with E-state index in [4.69, 9.17) is 9.47 Å². The Bertz CT molecular complexity index is 1200. The minimum absolute atomic E-state index is 0.0329. The maximum Gasteiger partial charge on any atom is 0.283 e. The number of likely N-dealkylation sites (tertiary alicyclic amines) is 1. The zero-order valence-electron chi connectivity index (χ0n) is 20.0. The number of carbonyl (C=O) groups is 1. The second-order valence-electron chi connectivity index (χ2n) is 8.34. The van der Waals surface area contributed by atoms with Gasteiger partial charge in [-0.25, -0.2) is 4.98 Å². The summed E-state index contributed by atoms with van der Waals surface area (Å²) in [6.45, 7) is 1.77. The predicted octanol–water partition coefficient (Wildman–Crippen LogP) is 4.60. The van der Waals surface area contributed by atoms with E-state index in [2.05, 4.69) is 9.55 Å². The number of nitro benzene ring substituents is 1. The summed E-state index contributed by atoms with van der Waals surface area (Å²) < 4.78 is 12.9. The minimum atomic E-state index is -0.438. The minimum Gasteiger partial charge on any atom is -0.497 e. The van der Waals surface area contributed by atoms with Crippen molar-refractivity contribution in [2.45, 2.75) is 30.2 Å². The molecule has 0 N–H and O–H groups in total. The molecule has 0 radical (unpaired) electrons. The van der Waals surface area contributed by atoms with Crippen LogP contribution in [0.15, 0.2) is 53.7 Å². The van der Waals surface area contributed by atoms with E-state index in [0.29, 0.717) is 30.1 Å². The summed E-state index contributed by atoms with van der Waals surface area (Å²) in [6.07, 6.45) is 7.09. The molecule has 0 unspecified atom stereocenters. The molecule has 2 heterocycles. The van der Waals surface area contributed by atoms with Gasteiger partial charge in [-0.05, 0) is 48.9 Å². The van der Waals surface area contributed by atoms with Crippen LogP contribution >= 0.6 is 11.8 Å². The summed E-state index contributed by atoms with van der Waals surface area (Å²) >= 11 is 1.29. The zero-order chi connectivity index (χ0) is 24.9. The number of hydrogen-bond donors (Lipinski definition) is 0. The fourth-order valence-electron chi connectivity index (χ4n) is 4.46. The number of hydrogen-bond acceptors (Lipinski definition) is 7. The van der Waals surface area contributed by atoms with Crippen LogP contribution in [0.1, 0.15) is 40.5 Å². The molecule has 4 rings (SSSR count). The fraction of sp³-hybridized carbons (Fsp3) is 0.360. The number of amides is 1. The Morgan fingerprint density at radius 1 is 1.14 bits per heavy atom. The molecule has 2 aromatic carbocycles. The van der Waals surface area contributed by atoms with Gasteiger partial charge in [0.2, 0.25) is 0 Å². The van der Waals surface area contributed by atoms with Crippen LogP contribution in [0.5, 0.6) is 11.5 Å². The maximum absolute atomic E-state index is 13.0. The lowest BCUT2D eigenvalue weighted by atomic mass is 9.95. The van der Waals surface area contributed by atoms with Gasteiger partial charge in [-0.2, -0.15) is 0 Å². The van der Waals surface area contributed by atoms with Gasteiger partial charge in [0, 0.05) is 55.6 Å². The number of nitrogens with zero attached hydrogens (tertiary/aromatic N) is 4. The van der Waals surface area contributed by atoms with Crippen molar-refractivity contribution in [1.82, 2.24) is 14.5 Å². The Labute approximate surface area is 208 Å². The number of piperidine rings is 1. The van der Waals surface area contributed by atoms with Gasteiger partial charge in [0.05, 0.1) is 24.0 Å². The van der Waals surface area contributed by atoms with Crippen LogP contribution in [0, 0.1) is 10.1 Å². The van der Waals surface area contributed by atoms with Crippen LogP contribution < -0.4 is 9.47 Å². The van der Waals surface area contributed by atoms with E-state index < -0.39 is 4.92 Å². The largest absolute Gasteiger partial charge is 0.497 e. The molecule has 1 saturated heterocycles. The van der Waals surface area contributed by atoms with Gasteiger partial charge < -0.3 is 18.9 Å². The van der Waals surface area contributed by atoms with E-state index in [1.807, 2.05) is 24.4 Å². The highest BCUT2D eigenvalue weighted by Crippen LogP contribution is 2.31. The highest BCUT2D eigenvalue weighted by atomic mass is 32.2. The number of carbonyl (C=O) groups excluding carboxylic acids is 1. The van der Waals surface area contributed by atoms with E-state index in [1.54, 1.807) is 43.7 Å². The smallest absolute Gasteiger partial charge is 0.283 e. The van der Waals surface area contributed by atoms with Gasteiger partial charge in [0.1, 0.15) is 17.3 Å². The van der Waals surface area contributed by atoms with Crippen molar-refractivity contribution < 1.29 is 19.2 Å². The van der Waals surface area contributed by atoms with Crippen molar-refractivity contribution >= 4 is 23.4 Å². The number of benzene rings is 2. The summed E-state index contributed by atoms with van der Waals surface area (Å²) in [4.78, 5) is 30.9. The molecule has 0 saturated carbocycles. The second-order valence-corrected chi connectivity index (χ2v) is 9.19. The summed E-state index contributed by atoms with van der Waals surface area (Å²) in [6, 6.07) is 10.5. The Kier molecular flexibility index (Phi) is 7.60. The average molecular weight is 497 g/mol. The summed E-state index contributed by atoms with van der Waals surface area (Å²) in [7, 11) is 3.26. The van der Waals surface area contributed by atoms with Gasteiger partial charge in [-0.15, -0.1) is 11.8 Å². The van der Waals surface area contributed by atoms with E-state index >= 15 is 0 Å². The van der Waals surface area contributed by atoms with Crippen molar-refractivity contribution in [3.8, 4) is 11.5 Å². The van der Waals surface area contributed by atoms with Crippen LogP contribution in [0.25, 0.3) is 0 Å². The number of methoxy groups -OCH3 is 2. The molecule has 35 heavy (non-hydrogen) atoms. The number of nitro groups is 1. The standard InChI is InChI=1S/C25H28N4O5S/c1-33-20-12-17(13-21(15-20)34-2)16-28-11-8-26-24(28)18-6-9-27(10-7-18)25(30)19-4-5-23(35-3)22(14-19)29(31)32/h4-5,8,11-15,18H,6-7,9-10,16H2,1-3H3. The third-order valence-electron chi connectivity index (χ3n) is 6.28. The van der Waals surface area contributed by atoms with Gasteiger partial charge in [-0.3, -0.25) is 14.9 Å². The topological polar surface area (TPSA) is 99.7 Å². The number of ether oxygens (including phenoxy) is 2. The molecule has 184 valence electrons. The van der Waals surface area contributed by atoms with Crippen LogP contribution in [0.2, 0.25) is 0 Å². The maximum atomic E-state index is 13.0. The second kappa shape index (κ2) is 10.8. The van der Waals surface area contributed by atoms with Gasteiger partial charge >= 0.3 is 0 Å². The molecule has 1 aliphatic rings. The highest BCUT2D eigenvalue weighted by molar-refractivity contribution is 7.98. The van der Waals surface area contributed by atoms with E-state index in [-0.39, 0.29) is 17.5 Å². The first-order valence-corrected chi connectivity index (χ1v) is 12.5. The first kappa shape index (κ1) is 24.6. The summed E-state index contributed by atoms with van der Waals surface area (Å²) in [5.41, 5.74) is 1.36. The molecule has 1 aromatic heterocycles. The third kappa shape index (κ3) is 5.43. The van der Waals surface area contributed by atoms with Gasteiger partial charge in [0.25, 0.3) is 11.6 Å². The van der Waals surface area contributed by atoms with E-state index in [1.165, 1.54) is 17.8 Å². The molecule has 1 amide bonds. The number of imidazole rings is 1. The Morgan fingerprint density at radius 3 is 2.43 bits per heavy atom. The summed E-state index contributed by atoms with van der Waals surface area (Å²) in [5, 5.41) is 11.4. The molecule has 10 heteroatoms. The molecular formula is C25H28N4O5S. The van der Waals surface area contributed by atoms with E-state index in [9.17, 15) is 14.9 Å². The fourth-order valence-corrected chi connectivity index (χ4v) is 5.00. The SMILES string of the molecule is COc1cc(Cn2ccnc2C2CCN(C(=O)c3ccc(SC)c([N+](=O)[O-])c3)CC2)cc(OC)c1. The van der Waals surface area contributed by atoms with Crippen molar-refractivity contribution in [3.63, 3.8) is 0 Å². The lowest BCUT2D eigenvalue weighted by molar-refractivity contribution is -0.387. The Balaban J connectivity index is 1.44. The van der Waals surface area contributed by atoms with Crippen molar-refractivity contribution in [2.75, 3.05) is 33.6 Å². The van der Waals surface area contributed by atoms with Crippen LogP contribution in [0.3, 0.4) is 0 Å². The van der Waals surface area contributed by atoms with Crippen molar-refractivity contribution in [3.05, 3.63) is 75.9 Å². The third-order valence-corrected chi connectivity index (χ3v) is 7.07. The number of thioether (sulfide) groups is 1. The predicted molar refractivity (Wildman–Crippen MR) is 134 cm³/mol.